The van der Waals surface area contributed by atoms with Crippen LogP contribution in [0.4, 0.5) is 5.69 Å². The molecule has 2 aromatic rings. The highest BCUT2D eigenvalue weighted by Gasteiger charge is 2.36. The van der Waals surface area contributed by atoms with Gasteiger partial charge in [-0.25, -0.2) is 0 Å². The van der Waals surface area contributed by atoms with Gasteiger partial charge in [0.25, 0.3) is 6.47 Å². The fourth-order valence-electron chi connectivity index (χ4n) is 3.73. The van der Waals surface area contributed by atoms with Gasteiger partial charge >= 0.3 is 0 Å². The quantitative estimate of drug-likeness (QED) is 0.734. The molecule has 0 spiro atoms. The first-order chi connectivity index (χ1) is 13.3. The summed E-state index contributed by atoms with van der Waals surface area (Å²) < 4.78 is 0. The number of hydrogen-bond donors (Lipinski definition) is 2. The highest BCUT2D eigenvalue weighted by molar-refractivity contribution is 6.36. The van der Waals surface area contributed by atoms with Crippen molar-refractivity contribution in [2.75, 3.05) is 31.1 Å². The lowest BCUT2D eigenvalue weighted by Gasteiger charge is -2.44. The summed E-state index contributed by atoms with van der Waals surface area (Å²) in [6.45, 7) is 5.63. The third kappa shape index (κ3) is 4.75. The Morgan fingerprint density at radius 1 is 1.21 bits per heavy atom. The number of carboxylic acid groups (broad SMARTS) is 1. The van der Waals surface area contributed by atoms with Gasteiger partial charge in [0.05, 0.1) is 23.2 Å². The fraction of sp³-hybridized carbons (Fsp3) is 0.400. The van der Waals surface area contributed by atoms with Crippen molar-refractivity contribution in [3.63, 3.8) is 0 Å². The molecule has 1 aromatic carbocycles. The summed E-state index contributed by atoms with van der Waals surface area (Å²) in [4.78, 5) is 17.4. The molecular formula is C20H23Cl2N3O3. The van der Waals surface area contributed by atoms with Gasteiger partial charge in [-0.2, -0.15) is 0 Å². The highest BCUT2D eigenvalue weighted by atomic mass is 35.5. The molecule has 28 heavy (non-hydrogen) atoms. The van der Waals surface area contributed by atoms with Crippen LogP contribution in [-0.2, 0) is 11.3 Å². The lowest BCUT2D eigenvalue weighted by molar-refractivity contribution is -0.122. The van der Waals surface area contributed by atoms with Crippen LogP contribution in [0.5, 0.6) is 0 Å². The smallest absolute Gasteiger partial charge is 0.290 e. The number of anilines is 1. The van der Waals surface area contributed by atoms with Gasteiger partial charge in [-0.05, 0) is 36.8 Å². The van der Waals surface area contributed by atoms with Crippen molar-refractivity contribution in [2.24, 2.45) is 0 Å². The number of aliphatic hydroxyl groups is 1. The number of hydrogen-bond acceptors (Lipinski definition) is 5. The minimum atomic E-state index is -0.535. The Morgan fingerprint density at radius 3 is 2.32 bits per heavy atom. The Kier molecular flexibility index (Phi) is 6.45. The lowest BCUT2D eigenvalue weighted by atomic mass is 9.91. The van der Waals surface area contributed by atoms with Gasteiger partial charge in [0, 0.05) is 48.7 Å². The first kappa shape index (κ1) is 20.9. The predicted molar refractivity (Wildman–Crippen MR) is 110 cm³/mol. The van der Waals surface area contributed by atoms with Gasteiger partial charge in [0.15, 0.2) is 0 Å². The molecule has 6 nitrogen and oxygen atoms in total. The summed E-state index contributed by atoms with van der Waals surface area (Å²) in [6, 6.07) is 9.86. The molecule has 3 heterocycles. The van der Waals surface area contributed by atoms with E-state index in [-0.39, 0.29) is 6.47 Å². The van der Waals surface area contributed by atoms with E-state index in [1.165, 1.54) is 0 Å². The Balaban J connectivity index is 0.000000706. The monoisotopic (exact) mass is 423 g/mol. The van der Waals surface area contributed by atoms with Crippen molar-refractivity contribution in [3.05, 3.63) is 57.8 Å². The number of carbonyl (C=O) groups is 1. The summed E-state index contributed by atoms with van der Waals surface area (Å²) in [5.74, 6) is 0.365. The van der Waals surface area contributed by atoms with Crippen LogP contribution in [0.1, 0.15) is 24.1 Å². The van der Waals surface area contributed by atoms with E-state index in [4.69, 9.17) is 33.1 Å². The van der Waals surface area contributed by atoms with Crippen LogP contribution in [0.3, 0.4) is 0 Å². The summed E-state index contributed by atoms with van der Waals surface area (Å²) >= 11 is 12.6. The Morgan fingerprint density at radius 2 is 1.82 bits per heavy atom. The average Bonchev–Trinajstić information content (AvgIpc) is 2.56. The number of aromatic nitrogens is 1. The molecule has 0 atom stereocenters. The third-order valence-corrected chi connectivity index (χ3v) is 5.64. The highest BCUT2D eigenvalue weighted by Crippen LogP contribution is 2.38. The van der Waals surface area contributed by atoms with Gasteiger partial charge in [0.2, 0.25) is 0 Å². The second-order valence-electron chi connectivity index (χ2n) is 7.49. The second kappa shape index (κ2) is 8.66. The number of halogens is 2. The van der Waals surface area contributed by atoms with E-state index in [2.05, 4.69) is 26.9 Å². The van der Waals surface area contributed by atoms with Crippen molar-refractivity contribution >= 4 is 35.4 Å². The van der Waals surface area contributed by atoms with Crippen molar-refractivity contribution in [1.29, 1.82) is 0 Å². The zero-order valence-corrected chi connectivity index (χ0v) is 17.1. The molecule has 2 aliphatic heterocycles. The molecule has 8 heteroatoms. The van der Waals surface area contributed by atoms with Crippen LogP contribution >= 0.6 is 23.2 Å². The minimum Gasteiger partial charge on any atom is -0.483 e. The molecule has 2 aliphatic rings. The maximum absolute atomic E-state index is 9.79. The molecule has 150 valence electrons. The number of likely N-dealkylation sites (tertiary alicyclic amines) is 1. The lowest BCUT2D eigenvalue weighted by Crippen LogP contribution is -2.59. The number of β-amino-alcohol motifs (C(OH)–C–C–N with tert-alkyl or cyclic N) is 1. The van der Waals surface area contributed by atoms with Gasteiger partial charge in [-0.15, -0.1) is 0 Å². The molecule has 0 radical (unpaired) electrons. The molecular weight excluding hydrogens is 401 g/mol. The largest absolute Gasteiger partial charge is 0.483 e. The second-order valence-corrected chi connectivity index (χ2v) is 8.31. The SMILES string of the molecule is CC1(O)CN(Cc2ccc(N3CC(c4c(Cl)cccc4Cl)C3)cn2)C1.O=CO. The Bertz CT molecular complexity index is 796. The van der Waals surface area contributed by atoms with Crippen LogP contribution in [0, 0.1) is 0 Å². The molecule has 0 bridgehead atoms. The minimum absolute atomic E-state index is 0.250. The van der Waals surface area contributed by atoms with Crippen molar-refractivity contribution < 1.29 is 15.0 Å². The Labute approximate surface area is 174 Å². The Hall–Kier alpha value is -1.86. The topological polar surface area (TPSA) is 76.9 Å². The van der Waals surface area contributed by atoms with E-state index in [9.17, 15) is 5.11 Å². The molecule has 4 rings (SSSR count). The molecule has 0 unspecified atom stereocenters. The molecule has 0 amide bonds. The van der Waals surface area contributed by atoms with E-state index in [1.807, 2.05) is 31.3 Å². The third-order valence-electron chi connectivity index (χ3n) is 4.98. The van der Waals surface area contributed by atoms with Crippen LogP contribution in [0.2, 0.25) is 10.0 Å². The van der Waals surface area contributed by atoms with E-state index in [0.717, 1.165) is 46.6 Å². The predicted octanol–water partition coefficient (Wildman–Crippen LogP) is 3.26. The van der Waals surface area contributed by atoms with Crippen molar-refractivity contribution in [2.45, 2.75) is 25.0 Å². The number of benzene rings is 1. The zero-order valence-electron chi connectivity index (χ0n) is 15.6. The first-order valence-electron chi connectivity index (χ1n) is 8.99. The van der Waals surface area contributed by atoms with Crippen molar-refractivity contribution in [1.82, 2.24) is 9.88 Å². The summed E-state index contributed by atoms with van der Waals surface area (Å²) in [5, 5.41) is 18.2. The van der Waals surface area contributed by atoms with Gasteiger partial charge in [0.1, 0.15) is 0 Å². The molecule has 2 saturated heterocycles. The van der Waals surface area contributed by atoms with E-state index in [1.54, 1.807) is 0 Å². The van der Waals surface area contributed by atoms with E-state index < -0.39 is 5.60 Å². The average molecular weight is 424 g/mol. The molecule has 2 fully saturated rings. The number of pyridine rings is 1. The fourth-order valence-corrected chi connectivity index (χ4v) is 4.43. The van der Waals surface area contributed by atoms with Crippen molar-refractivity contribution in [3.8, 4) is 0 Å². The summed E-state index contributed by atoms with van der Waals surface area (Å²) in [6.07, 6.45) is 1.93. The summed E-state index contributed by atoms with van der Waals surface area (Å²) in [5.41, 5.74) is 2.67. The van der Waals surface area contributed by atoms with E-state index in [0.29, 0.717) is 19.0 Å². The number of rotatable bonds is 4. The zero-order chi connectivity index (χ0) is 20.3. The molecule has 1 aromatic heterocycles. The molecule has 0 aliphatic carbocycles. The standard InChI is InChI=1S/C19H21Cl2N3O.CH2O2/c1-19(25)11-23(12-19)10-14-5-6-15(7-22-14)24-8-13(9-24)18-16(20)3-2-4-17(18)21;2-1-3/h2-7,13,25H,8-12H2,1H3;1H,(H,2,3). The molecule has 2 N–H and O–H groups in total. The first-order valence-corrected chi connectivity index (χ1v) is 9.75. The summed E-state index contributed by atoms with van der Waals surface area (Å²) in [7, 11) is 0. The van der Waals surface area contributed by atoms with E-state index >= 15 is 0 Å². The van der Waals surface area contributed by atoms with Crippen LogP contribution in [0.25, 0.3) is 0 Å². The maximum Gasteiger partial charge on any atom is 0.290 e. The molecule has 0 saturated carbocycles. The van der Waals surface area contributed by atoms with Gasteiger partial charge in [-0.3, -0.25) is 14.7 Å². The van der Waals surface area contributed by atoms with Crippen LogP contribution in [-0.4, -0.2) is 58.3 Å². The number of nitrogens with zero attached hydrogens (tertiary/aromatic N) is 3. The van der Waals surface area contributed by atoms with Gasteiger partial charge < -0.3 is 15.1 Å². The normalized spacial score (nSPS) is 18.5. The van der Waals surface area contributed by atoms with Crippen LogP contribution in [0.15, 0.2) is 36.5 Å². The van der Waals surface area contributed by atoms with Crippen LogP contribution < -0.4 is 4.90 Å². The van der Waals surface area contributed by atoms with Gasteiger partial charge in [-0.1, -0.05) is 29.3 Å². The maximum atomic E-state index is 9.79.